The highest BCUT2D eigenvalue weighted by molar-refractivity contribution is 5.76. The molecule has 0 radical (unpaired) electrons. The van der Waals surface area contributed by atoms with Gasteiger partial charge in [-0.05, 0) is 18.3 Å². The molecular weight excluding hydrogens is 194 g/mol. The maximum Gasteiger partial charge on any atom is 0.312 e. The summed E-state index contributed by atoms with van der Waals surface area (Å²) in [5.41, 5.74) is 1.61. The van der Waals surface area contributed by atoms with Gasteiger partial charge in [0.05, 0.1) is 5.69 Å². The van der Waals surface area contributed by atoms with Crippen molar-refractivity contribution in [2.24, 2.45) is 12.5 Å². The number of hydrogen-bond acceptors (Lipinski definition) is 3. The zero-order chi connectivity index (χ0) is 11.2. The molecule has 1 aromatic rings. The van der Waals surface area contributed by atoms with Crippen LogP contribution in [0.5, 0.6) is 0 Å². The van der Waals surface area contributed by atoms with Gasteiger partial charge in [-0.25, -0.2) is 0 Å². The molecule has 1 aliphatic carbocycles. The van der Waals surface area contributed by atoms with Gasteiger partial charge >= 0.3 is 5.97 Å². The quantitative estimate of drug-likeness (QED) is 0.747. The summed E-state index contributed by atoms with van der Waals surface area (Å²) in [6.07, 6.45) is 1.48. The molecule has 0 aromatic carbocycles. The number of hydrogen-bond donors (Lipinski definition) is 1. The van der Waals surface area contributed by atoms with E-state index in [4.69, 9.17) is 5.11 Å². The molecule has 0 spiro atoms. The van der Waals surface area contributed by atoms with Crippen molar-refractivity contribution in [2.45, 2.75) is 32.6 Å². The minimum atomic E-state index is -0.801. The summed E-state index contributed by atoms with van der Waals surface area (Å²) in [5, 5.41) is 17.0. The predicted molar refractivity (Wildman–Crippen MR) is 53.5 cm³/mol. The Kier molecular flexibility index (Phi) is 2.06. The van der Waals surface area contributed by atoms with Crippen molar-refractivity contribution in [3.63, 3.8) is 0 Å². The summed E-state index contributed by atoms with van der Waals surface area (Å²) < 4.78 is 1.69. The second-order valence-corrected chi connectivity index (χ2v) is 4.98. The van der Waals surface area contributed by atoms with Gasteiger partial charge < -0.3 is 5.11 Å². The van der Waals surface area contributed by atoms with Gasteiger partial charge in [0.15, 0.2) is 0 Å². The fourth-order valence-electron chi connectivity index (χ4n) is 2.25. The molecule has 82 valence electrons. The highest BCUT2D eigenvalue weighted by Crippen LogP contribution is 2.40. The van der Waals surface area contributed by atoms with Gasteiger partial charge in [0, 0.05) is 7.05 Å². The number of carboxylic acid groups (broad SMARTS) is 1. The van der Waals surface area contributed by atoms with E-state index in [-0.39, 0.29) is 5.41 Å². The van der Waals surface area contributed by atoms with Gasteiger partial charge in [-0.1, -0.05) is 19.1 Å². The Morgan fingerprint density at radius 1 is 1.60 bits per heavy atom. The second kappa shape index (κ2) is 3.05. The molecule has 2 rings (SSSR count). The summed E-state index contributed by atoms with van der Waals surface area (Å²) in [6, 6.07) is 0. The lowest BCUT2D eigenvalue weighted by Crippen LogP contribution is -2.30. The Morgan fingerprint density at radius 3 is 2.87 bits per heavy atom. The molecule has 5 nitrogen and oxygen atoms in total. The Hall–Kier alpha value is -1.39. The van der Waals surface area contributed by atoms with Crippen molar-refractivity contribution in [1.29, 1.82) is 0 Å². The van der Waals surface area contributed by atoms with E-state index in [1.54, 1.807) is 4.68 Å². The first-order chi connectivity index (χ1) is 6.91. The monoisotopic (exact) mass is 209 g/mol. The molecule has 0 fully saturated rings. The van der Waals surface area contributed by atoms with Crippen molar-refractivity contribution in [1.82, 2.24) is 15.0 Å². The fourth-order valence-corrected chi connectivity index (χ4v) is 2.25. The van der Waals surface area contributed by atoms with Crippen LogP contribution in [0.4, 0.5) is 0 Å². The van der Waals surface area contributed by atoms with E-state index in [0.29, 0.717) is 12.1 Å². The van der Waals surface area contributed by atoms with Crippen LogP contribution in [-0.4, -0.2) is 26.1 Å². The Balaban J connectivity index is 2.49. The molecule has 5 heteroatoms. The maximum atomic E-state index is 11.1. The molecule has 1 N–H and O–H groups in total. The third-order valence-electron chi connectivity index (χ3n) is 3.00. The lowest BCUT2D eigenvalue weighted by atomic mass is 9.72. The average molecular weight is 209 g/mol. The standard InChI is InChI=1S/C10H15N3O2/c1-10(2)4-6(9(14)15)8-7(5-10)13(3)12-11-8/h6H,4-5H2,1-3H3,(H,14,15). The largest absolute Gasteiger partial charge is 0.481 e. The minimum absolute atomic E-state index is 0.00549. The minimum Gasteiger partial charge on any atom is -0.481 e. The molecule has 0 saturated heterocycles. The second-order valence-electron chi connectivity index (χ2n) is 4.98. The Morgan fingerprint density at radius 2 is 2.27 bits per heavy atom. The molecule has 1 aliphatic rings. The van der Waals surface area contributed by atoms with E-state index < -0.39 is 11.9 Å². The zero-order valence-electron chi connectivity index (χ0n) is 9.19. The summed E-state index contributed by atoms with van der Waals surface area (Å²) in [7, 11) is 1.81. The Labute approximate surface area is 88.1 Å². The molecule has 1 aromatic heterocycles. The zero-order valence-corrected chi connectivity index (χ0v) is 9.19. The van der Waals surface area contributed by atoms with Crippen molar-refractivity contribution in [2.75, 3.05) is 0 Å². The van der Waals surface area contributed by atoms with Crippen LogP contribution in [0.15, 0.2) is 0 Å². The van der Waals surface area contributed by atoms with Gasteiger partial charge in [0.1, 0.15) is 11.6 Å². The highest BCUT2D eigenvalue weighted by atomic mass is 16.4. The third kappa shape index (κ3) is 1.62. The number of fused-ring (bicyclic) bond motifs is 1. The first-order valence-electron chi connectivity index (χ1n) is 5.02. The van der Waals surface area contributed by atoms with Gasteiger partial charge in [0.25, 0.3) is 0 Å². The lowest BCUT2D eigenvalue weighted by molar-refractivity contribution is -0.140. The van der Waals surface area contributed by atoms with Crippen LogP contribution in [0.3, 0.4) is 0 Å². The van der Waals surface area contributed by atoms with Crippen LogP contribution in [0, 0.1) is 5.41 Å². The van der Waals surface area contributed by atoms with Crippen LogP contribution in [0.1, 0.15) is 37.6 Å². The smallest absolute Gasteiger partial charge is 0.312 e. The molecular formula is C10H15N3O2. The molecule has 0 bridgehead atoms. The summed E-state index contributed by atoms with van der Waals surface area (Å²) in [5.74, 6) is -1.30. The van der Waals surface area contributed by atoms with Crippen molar-refractivity contribution in [3.8, 4) is 0 Å². The molecule has 1 heterocycles. The fraction of sp³-hybridized carbons (Fsp3) is 0.700. The van der Waals surface area contributed by atoms with Gasteiger partial charge in [-0.15, -0.1) is 5.10 Å². The number of aliphatic carboxylic acids is 1. The molecule has 0 aliphatic heterocycles. The molecule has 0 saturated carbocycles. The summed E-state index contributed by atoms with van der Waals surface area (Å²) >= 11 is 0. The number of carbonyl (C=O) groups is 1. The maximum absolute atomic E-state index is 11.1. The highest BCUT2D eigenvalue weighted by Gasteiger charge is 2.39. The summed E-state index contributed by atoms with van der Waals surface area (Å²) in [6.45, 7) is 4.16. The number of carboxylic acids is 1. The number of nitrogens with zero attached hydrogens (tertiary/aromatic N) is 3. The number of aromatic nitrogens is 3. The topological polar surface area (TPSA) is 68.0 Å². The number of aryl methyl sites for hydroxylation is 1. The summed E-state index contributed by atoms with van der Waals surface area (Å²) in [4.78, 5) is 11.1. The van der Waals surface area contributed by atoms with Gasteiger partial charge in [-0.2, -0.15) is 0 Å². The van der Waals surface area contributed by atoms with Crippen LogP contribution in [0.2, 0.25) is 0 Å². The van der Waals surface area contributed by atoms with E-state index in [0.717, 1.165) is 12.1 Å². The predicted octanol–water partition coefficient (Wildman–Crippen LogP) is 0.956. The van der Waals surface area contributed by atoms with Crippen LogP contribution in [-0.2, 0) is 18.3 Å². The first-order valence-corrected chi connectivity index (χ1v) is 5.02. The van der Waals surface area contributed by atoms with E-state index in [1.165, 1.54) is 0 Å². The van der Waals surface area contributed by atoms with Gasteiger partial charge in [-0.3, -0.25) is 9.48 Å². The van der Waals surface area contributed by atoms with Crippen LogP contribution < -0.4 is 0 Å². The van der Waals surface area contributed by atoms with E-state index >= 15 is 0 Å². The average Bonchev–Trinajstić information content (AvgIpc) is 2.45. The van der Waals surface area contributed by atoms with E-state index in [2.05, 4.69) is 24.2 Å². The molecule has 1 atom stereocenters. The lowest BCUT2D eigenvalue weighted by Gasteiger charge is -2.32. The SMILES string of the molecule is Cn1nnc2c1CC(C)(C)CC2C(=O)O. The molecule has 1 unspecified atom stereocenters. The number of rotatable bonds is 1. The molecule has 0 amide bonds. The molecule has 15 heavy (non-hydrogen) atoms. The van der Waals surface area contributed by atoms with Crippen molar-refractivity contribution < 1.29 is 9.90 Å². The van der Waals surface area contributed by atoms with E-state index in [9.17, 15) is 4.79 Å². The van der Waals surface area contributed by atoms with E-state index in [1.807, 2.05) is 7.05 Å². The Bertz CT molecular complexity index is 409. The third-order valence-corrected chi connectivity index (χ3v) is 3.00. The first kappa shape index (κ1) is 10.1. The van der Waals surface area contributed by atoms with Crippen molar-refractivity contribution in [3.05, 3.63) is 11.4 Å². The van der Waals surface area contributed by atoms with Gasteiger partial charge in [0.2, 0.25) is 0 Å². The normalized spacial score (nSPS) is 23.5. The van der Waals surface area contributed by atoms with Crippen LogP contribution >= 0.6 is 0 Å². The van der Waals surface area contributed by atoms with Crippen molar-refractivity contribution >= 4 is 5.97 Å². The van der Waals surface area contributed by atoms with Crippen LogP contribution in [0.25, 0.3) is 0 Å².